The summed E-state index contributed by atoms with van der Waals surface area (Å²) in [7, 11) is -3.67. The molecule has 162 valence electrons. The number of ether oxygens (including phenoxy) is 1. The topological polar surface area (TPSA) is 75.7 Å². The van der Waals surface area contributed by atoms with Gasteiger partial charge in [-0.25, -0.2) is 8.42 Å². The Hall–Kier alpha value is -2.25. The fraction of sp³-hybridized carbons (Fsp3) is 0.409. The largest absolute Gasteiger partial charge is 0.487 e. The lowest BCUT2D eigenvalue weighted by Crippen LogP contribution is -2.47. The van der Waals surface area contributed by atoms with Gasteiger partial charge >= 0.3 is 0 Å². The van der Waals surface area contributed by atoms with Crippen molar-refractivity contribution in [3.05, 3.63) is 59.1 Å². The first kappa shape index (κ1) is 22.4. The molecule has 0 aliphatic carbocycles. The zero-order chi connectivity index (χ0) is 21.9. The first-order valence-electron chi connectivity index (χ1n) is 9.98. The zero-order valence-corrected chi connectivity index (χ0v) is 19.0. The SMILES string of the molecule is CCC1(CC)CC(NC(=O)CN(c2cccc(Cl)c2)S(C)(=O)=O)c2ccccc2O1. The van der Waals surface area contributed by atoms with E-state index in [9.17, 15) is 13.2 Å². The Bertz CT molecular complexity index is 1020. The van der Waals surface area contributed by atoms with E-state index in [1.54, 1.807) is 18.2 Å². The number of carbonyl (C=O) groups excluding carboxylic acids is 1. The van der Waals surface area contributed by atoms with Crippen LogP contribution in [0.5, 0.6) is 5.75 Å². The van der Waals surface area contributed by atoms with Crippen LogP contribution in [0.4, 0.5) is 5.69 Å². The zero-order valence-electron chi connectivity index (χ0n) is 17.4. The van der Waals surface area contributed by atoms with Crippen molar-refractivity contribution in [2.45, 2.75) is 44.8 Å². The second-order valence-corrected chi connectivity index (χ2v) is 9.95. The van der Waals surface area contributed by atoms with Crippen LogP contribution in [0.2, 0.25) is 5.02 Å². The van der Waals surface area contributed by atoms with Gasteiger partial charge in [-0.3, -0.25) is 9.10 Å². The molecule has 6 nitrogen and oxygen atoms in total. The summed E-state index contributed by atoms with van der Waals surface area (Å²) in [6.45, 7) is 3.81. The Morgan fingerprint density at radius 2 is 1.90 bits per heavy atom. The number of carbonyl (C=O) groups is 1. The van der Waals surface area contributed by atoms with Gasteiger partial charge in [-0.05, 0) is 37.1 Å². The molecular weight excluding hydrogens is 424 g/mol. The van der Waals surface area contributed by atoms with Crippen LogP contribution in [-0.2, 0) is 14.8 Å². The van der Waals surface area contributed by atoms with Gasteiger partial charge in [0.2, 0.25) is 15.9 Å². The van der Waals surface area contributed by atoms with Crippen molar-refractivity contribution in [2.24, 2.45) is 0 Å². The highest BCUT2D eigenvalue weighted by atomic mass is 35.5. The summed E-state index contributed by atoms with van der Waals surface area (Å²) in [5.41, 5.74) is 0.886. The first-order chi connectivity index (χ1) is 14.2. The molecule has 1 aliphatic heterocycles. The van der Waals surface area contributed by atoms with E-state index in [4.69, 9.17) is 16.3 Å². The lowest BCUT2D eigenvalue weighted by molar-refractivity contribution is -0.121. The van der Waals surface area contributed by atoms with Crippen molar-refractivity contribution in [1.29, 1.82) is 0 Å². The molecular formula is C22H27ClN2O4S. The molecule has 0 spiro atoms. The molecule has 0 saturated carbocycles. The van der Waals surface area contributed by atoms with E-state index in [1.807, 2.05) is 24.3 Å². The summed E-state index contributed by atoms with van der Waals surface area (Å²) in [6.07, 6.45) is 3.31. The fourth-order valence-electron chi connectivity index (χ4n) is 3.83. The third kappa shape index (κ3) is 4.90. The van der Waals surface area contributed by atoms with Gasteiger partial charge in [0.25, 0.3) is 0 Å². The smallest absolute Gasteiger partial charge is 0.241 e. The molecule has 1 heterocycles. The van der Waals surface area contributed by atoms with Gasteiger partial charge in [0.15, 0.2) is 0 Å². The van der Waals surface area contributed by atoms with Crippen LogP contribution in [0.25, 0.3) is 0 Å². The molecule has 2 aromatic carbocycles. The van der Waals surface area contributed by atoms with Crippen LogP contribution in [0.15, 0.2) is 48.5 Å². The molecule has 0 fully saturated rings. The van der Waals surface area contributed by atoms with Crippen molar-refractivity contribution in [3.8, 4) is 5.75 Å². The lowest BCUT2D eigenvalue weighted by atomic mass is 9.83. The van der Waals surface area contributed by atoms with E-state index in [0.717, 1.165) is 34.7 Å². The molecule has 1 amide bonds. The number of fused-ring (bicyclic) bond motifs is 1. The van der Waals surface area contributed by atoms with Crippen LogP contribution < -0.4 is 14.4 Å². The number of anilines is 1. The number of nitrogens with zero attached hydrogens (tertiary/aromatic N) is 1. The Balaban J connectivity index is 1.85. The number of halogens is 1. The molecule has 8 heteroatoms. The Morgan fingerprint density at radius 3 is 2.53 bits per heavy atom. The van der Waals surface area contributed by atoms with Gasteiger partial charge in [-0.1, -0.05) is 49.7 Å². The maximum atomic E-state index is 12.9. The number of nitrogens with one attached hydrogen (secondary N) is 1. The van der Waals surface area contributed by atoms with Crippen molar-refractivity contribution < 1.29 is 17.9 Å². The number of benzene rings is 2. The Labute approximate surface area is 183 Å². The fourth-order valence-corrected chi connectivity index (χ4v) is 4.86. The average molecular weight is 451 g/mol. The second-order valence-electron chi connectivity index (χ2n) is 7.60. The van der Waals surface area contributed by atoms with E-state index in [0.29, 0.717) is 17.1 Å². The number of sulfonamides is 1. The van der Waals surface area contributed by atoms with E-state index < -0.39 is 10.0 Å². The molecule has 0 saturated heterocycles. The van der Waals surface area contributed by atoms with Gasteiger partial charge in [-0.15, -0.1) is 0 Å². The highest BCUT2D eigenvalue weighted by Gasteiger charge is 2.39. The quantitative estimate of drug-likeness (QED) is 0.682. The summed E-state index contributed by atoms with van der Waals surface area (Å²) in [5.74, 6) is 0.371. The molecule has 2 aromatic rings. The molecule has 1 atom stereocenters. The maximum absolute atomic E-state index is 12.9. The van der Waals surface area contributed by atoms with Gasteiger partial charge in [0.05, 0.1) is 18.0 Å². The predicted molar refractivity (Wildman–Crippen MR) is 120 cm³/mol. The summed E-state index contributed by atoms with van der Waals surface area (Å²) in [5, 5.41) is 3.43. The minimum atomic E-state index is -3.67. The number of hydrogen-bond acceptors (Lipinski definition) is 4. The van der Waals surface area contributed by atoms with Crippen LogP contribution >= 0.6 is 11.6 Å². The molecule has 0 aromatic heterocycles. The third-order valence-corrected chi connectivity index (χ3v) is 6.98. The molecule has 3 rings (SSSR count). The molecule has 0 bridgehead atoms. The number of para-hydroxylation sites is 1. The second kappa shape index (κ2) is 8.86. The van der Waals surface area contributed by atoms with Crippen LogP contribution in [0.1, 0.15) is 44.7 Å². The predicted octanol–water partition coefficient (Wildman–Crippen LogP) is 4.30. The molecule has 0 radical (unpaired) electrons. The summed E-state index contributed by atoms with van der Waals surface area (Å²) < 4.78 is 32.0. The summed E-state index contributed by atoms with van der Waals surface area (Å²) in [4.78, 5) is 12.9. The minimum Gasteiger partial charge on any atom is -0.487 e. The Kier molecular flexibility index (Phi) is 6.62. The Morgan fingerprint density at radius 1 is 1.20 bits per heavy atom. The van der Waals surface area contributed by atoms with Crippen molar-refractivity contribution in [3.63, 3.8) is 0 Å². The standard InChI is InChI=1S/C22H27ClN2O4S/c1-4-22(5-2)14-19(18-11-6-7-12-20(18)29-22)24-21(26)15-25(30(3,27)28)17-10-8-9-16(23)13-17/h6-13,19H,4-5,14-15H2,1-3H3,(H,24,26). The molecule has 30 heavy (non-hydrogen) atoms. The molecule has 1 aliphatic rings. The van der Waals surface area contributed by atoms with Crippen LogP contribution in [-0.4, -0.2) is 32.7 Å². The minimum absolute atomic E-state index is 0.261. The van der Waals surface area contributed by atoms with Crippen LogP contribution in [0.3, 0.4) is 0 Å². The first-order valence-corrected chi connectivity index (χ1v) is 12.2. The van der Waals surface area contributed by atoms with Crippen molar-refractivity contribution in [1.82, 2.24) is 5.32 Å². The van der Waals surface area contributed by atoms with Crippen molar-refractivity contribution >= 4 is 33.2 Å². The maximum Gasteiger partial charge on any atom is 0.241 e. The monoisotopic (exact) mass is 450 g/mol. The summed E-state index contributed by atoms with van der Waals surface area (Å²) in [6, 6.07) is 13.8. The summed E-state index contributed by atoms with van der Waals surface area (Å²) >= 11 is 6.01. The van der Waals surface area contributed by atoms with E-state index in [-0.39, 0.29) is 24.1 Å². The molecule has 1 unspecified atom stereocenters. The van der Waals surface area contributed by atoms with Gasteiger partial charge in [0, 0.05) is 17.0 Å². The average Bonchev–Trinajstić information content (AvgIpc) is 2.71. The lowest BCUT2D eigenvalue weighted by Gasteiger charge is -2.41. The van der Waals surface area contributed by atoms with Gasteiger partial charge < -0.3 is 10.1 Å². The molecule has 1 N–H and O–H groups in total. The van der Waals surface area contributed by atoms with Crippen LogP contribution in [0, 0.1) is 0 Å². The highest BCUT2D eigenvalue weighted by Crippen LogP contribution is 2.42. The number of hydrogen-bond donors (Lipinski definition) is 1. The van der Waals surface area contributed by atoms with Gasteiger partial charge in [0.1, 0.15) is 17.9 Å². The number of rotatable bonds is 7. The van der Waals surface area contributed by atoms with Gasteiger partial charge in [-0.2, -0.15) is 0 Å². The highest BCUT2D eigenvalue weighted by molar-refractivity contribution is 7.92. The number of amides is 1. The van der Waals surface area contributed by atoms with E-state index in [1.165, 1.54) is 6.07 Å². The normalized spacial score (nSPS) is 17.5. The van der Waals surface area contributed by atoms with E-state index >= 15 is 0 Å². The van der Waals surface area contributed by atoms with E-state index in [2.05, 4.69) is 19.2 Å². The third-order valence-electron chi connectivity index (χ3n) is 5.60. The van der Waals surface area contributed by atoms with Crippen molar-refractivity contribution in [2.75, 3.05) is 17.1 Å².